The Hall–Kier alpha value is -1.36. The van der Waals surface area contributed by atoms with Crippen LogP contribution in [0, 0.1) is 6.92 Å². The fraction of sp³-hybridized carbons (Fsp3) is 0.400. The molecule has 1 amide bonds. The van der Waals surface area contributed by atoms with Crippen LogP contribution in [0.3, 0.4) is 0 Å². The monoisotopic (exact) mass is 224 g/mol. The van der Waals surface area contributed by atoms with E-state index in [9.17, 15) is 4.79 Å². The number of hydrogen-bond acceptors (Lipinski definition) is 4. The molecule has 0 aliphatic carbocycles. The summed E-state index contributed by atoms with van der Waals surface area (Å²) in [6, 6.07) is 0. The number of rotatable bonds is 3. The van der Waals surface area contributed by atoms with Gasteiger partial charge in [-0.3, -0.25) is 4.79 Å². The second-order valence-electron chi connectivity index (χ2n) is 3.35. The highest BCUT2D eigenvalue weighted by Crippen LogP contribution is 2.11. The first kappa shape index (κ1) is 10.2. The van der Waals surface area contributed by atoms with E-state index in [-0.39, 0.29) is 12.0 Å². The molecule has 0 saturated carbocycles. The smallest absolute Gasteiger partial charge is 0.280 e. The molecular weight excluding hydrogens is 212 g/mol. The van der Waals surface area contributed by atoms with Crippen LogP contribution < -0.4 is 5.32 Å². The summed E-state index contributed by atoms with van der Waals surface area (Å²) in [5, 5.41) is 3.31. The third kappa shape index (κ3) is 2.56. The predicted octanol–water partition coefficient (Wildman–Crippen LogP) is 1.48. The molecule has 1 unspecified atom stereocenters. The second kappa shape index (κ2) is 4.44. The van der Waals surface area contributed by atoms with E-state index in [1.165, 1.54) is 11.3 Å². The molecule has 1 N–H and O–H groups in total. The number of thiazole rings is 1. The SMILES string of the molecule is Cc1cnc(C(=O)NCC2CC=CO2)s1. The lowest BCUT2D eigenvalue weighted by Gasteiger charge is -2.10. The molecule has 0 aromatic carbocycles. The lowest BCUT2D eigenvalue weighted by molar-refractivity contribution is 0.0917. The fourth-order valence-corrected chi connectivity index (χ4v) is 1.98. The summed E-state index contributed by atoms with van der Waals surface area (Å²) in [5.41, 5.74) is 0. The molecule has 1 aromatic rings. The average Bonchev–Trinajstić information content (AvgIpc) is 2.84. The summed E-state index contributed by atoms with van der Waals surface area (Å²) in [6.07, 6.45) is 6.26. The molecule has 0 bridgehead atoms. The Balaban J connectivity index is 1.82. The van der Waals surface area contributed by atoms with Crippen molar-refractivity contribution in [1.29, 1.82) is 0 Å². The fourth-order valence-electron chi connectivity index (χ4n) is 1.30. The molecule has 1 atom stereocenters. The van der Waals surface area contributed by atoms with Crippen molar-refractivity contribution in [2.24, 2.45) is 0 Å². The third-order valence-corrected chi connectivity index (χ3v) is 2.98. The van der Waals surface area contributed by atoms with Gasteiger partial charge in [-0.05, 0) is 13.0 Å². The Kier molecular flexibility index (Phi) is 3.01. The number of carbonyl (C=O) groups excluding carboxylic acids is 1. The molecule has 0 fully saturated rings. The molecule has 1 aliphatic heterocycles. The third-order valence-electron chi connectivity index (χ3n) is 2.07. The molecule has 15 heavy (non-hydrogen) atoms. The molecule has 0 saturated heterocycles. The van der Waals surface area contributed by atoms with E-state index in [1.807, 2.05) is 13.0 Å². The Bertz CT molecular complexity index is 379. The average molecular weight is 224 g/mol. The van der Waals surface area contributed by atoms with Gasteiger partial charge in [0.25, 0.3) is 5.91 Å². The number of aryl methyl sites for hydroxylation is 1. The van der Waals surface area contributed by atoms with E-state index in [0.29, 0.717) is 11.6 Å². The van der Waals surface area contributed by atoms with Crippen molar-refractivity contribution in [2.45, 2.75) is 19.4 Å². The zero-order valence-corrected chi connectivity index (χ0v) is 9.21. The molecule has 2 heterocycles. The van der Waals surface area contributed by atoms with Crippen LogP contribution in [0.5, 0.6) is 0 Å². The van der Waals surface area contributed by atoms with Crippen molar-refractivity contribution >= 4 is 17.2 Å². The summed E-state index contributed by atoms with van der Waals surface area (Å²) in [4.78, 5) is 16.6. The first-order valence-electron chi connectivity index (χ1n) is 4.77. The van der Waals surface area contributed by atoms with Crippen LogP contribution in [0.1, 0.15) is 21.1 Å². The van der Waals surface area contributed by atoms with E-state index in [1.54, 1.807) is 12.5 Å². The molecule has 1 aliphatic rings. The van der Waals surface area contributed by atoms with Gasteiger partial charge in [-0.1, -0.05) is 0 Å². The number of carbonyl (C=O) groups is 1. The summed E-state index contributed by atoms with van der Waals surface area (Å²) >= 11 is 1.40. The molecule has 1 aromatic heterocycles. The Labute approximate surface area is 92.0 Å². The minimum atomic E-state index is -0.122. The van der Waals surface area contributed by atoms with Crippen molar-refractivity contribution in [2.75, 3.05) is 6.54 Å². The first-order chi connectivity index (χ1) is 7.25. The summed E-state index contributed by atoms with van der Waals surface area (Å²) < 4.78 is 5.23. The van der Waals surface area contributed by atoms with Crippen LogP contribution in [0.15, 0.2) is 18.5 Å². The van der Waals surface area contributed by atoms with Gasteiger partial charge in [0.2, 0.25) is 0 Å². The highest BCUT2D eigenvalue weighted by atomic mass is 32.1. The maximum absolute atomic E-state index is 11.6. The van der Waals surface area contributed by atoms with Crippen molar-refractivity contribution < 1.29 is 9.53 Å². The van der Waals surface area contributed by atoms with Crippen molar-refractivity contribution in [3.05, 3.63) is 28.4 Å². The van der Waals surface area contributed by atoms with E-state index in [4.69, 9.17) is 4.74 Å². The maximum atomic E-state index is 11.6. The van der Waals surface area contributed by atoms with Crippen LogP contribution in [-0.4, -0.2) is 23.5 Å². The molecule has 0 radical (unpaired) electrons. The van der Waals surface area contributed by atoms with Crippen LogP contribution in [0.25, 0.3) is 0 Å². The number of aromatic nitrogens is 1. The normalized spacial score (nSPS) is 18.9. The van der Waals surface area contributed by atoms with Crippen molar-refractivity contribution in [1.82, 2.24) is 10.3 Å². The van der Waals surface area contributed by atoms with E-state index in [0.717, 1.165) is 11.3 Å². The molecule has 2 rings (SSSR count). The van der Waals surface area contributed by atoms with Gasteiger partial charge in [0.1, 0.15) is 6.10 Å². The van der Waals surface area contributed by atoms with Gasteiger partial charge in [0.15, 0.2) is 5.01 Å². The second-order valence-corrected chi connectivity index (χ2v) is 4.59. The van der Waals surface area contributed by atoms with Gasteiger partial charge in [0.05, 0.1) is 12.8 Å². The van der Waals surface area contributed by atoms with Gasteiger partial charge in [0, 0.05) is 17.5 Å². The summed E-state index contributed by atoms with van der Waals surface area (Å²) in [6.45, 7) is 2.46. The summed E-state index contributed by atoms with van der Waals surface area (Å²) in [5.74, 6) is -0.122. The van der Waals surface area contributed by atoms with Crippen LogP contribution >= 0.6 is 11.3 Å². The minimum Gasteiger partial charge on any atom is -0.496 e. The largest absolute Gasteiger partial charge is 0.496 e. The molecule has 5 heteroatoms. The topological polar surface area (TPSA) is 51.2 Å². The number of hydrogen-bond donors (Lipinski definition) is 1. The zero-order valence-electron chi connectivity index (χ0n) is 8.40. The van der Waals surface area contributed by atoms with Gasteiger partial charge < -0.3 is 10.1 Å². The van der Waals surface area contributed by atoms with E-state index in [2.05, 4.69) is 10.3 Å². The first-order valence-corrected chi connectivity index (χ1v) is 5.58. The molecule has 0 spiro atoms. The standard InChI is InChI=1S/C10H12N2O2S/c1-7-5-12-10(15-7)9(13)11-6-8-3-2-4-14-8/h2,4-5,8H,3,6H2,1H3,(H,11,13). The van der Waals surface area contributed by atoms with Gasteiger partial charge in [-0.2, -0.15) is 0 Å². The lowest BCUT2D eigenvalue weighted by atomic mass is 10.3. The van der Waals surface area contributed by atoms with Crippen LogP contribution in [0.2, 0.25) is 0 Å². The van der Waals surface area contributed by atoms with Gasteiger partial charge >= 0.3 is 0 Å². The molecule has 4 nitrogen and oxygen atoms in total. The van der Waals surface area contributed by atoms with Gasteiger partial charge in [-0.25, -0.2) is 4.98 Å². The van der Waals surface area contributed by atoms with Crippen LogP contribution in [0.4, 0.5) is 0 Å². The van der Waals surface area contributed by atoms with E-state index < -0.39 is 0 Å². The summed E-state index contributed by atoms with van der Waals surface area (Å²) in [7, 11) is 0. The van der Waals surface area contributed by atoms with Crippen molar-refractivity contribution in [3.63, 3.8) is 0 Å². The molecular formula is C10H12N2O2S. The zero-order chi connectivity index (χ0) is 10.7. The minimum absolute atomic E-state index is 0.0787. The number of nitrogens with zero attached hydrogens (tertiary/aromatic N) is 1. The maximum Gasteiger partial charge on any atom is 0.280 e. The van der Waals surface area contributed by atoms with E-state index >= 15 is 0 Å². The number of nitrogens with one attached hydrogen (secondary N) is 1. The van der Waals surface area contributed by atoms with Crippen LogP contribution in [-0.2, 0) is 4.74 Å². The molecule has 80 valence electrons. The Morgan fingerprint density at radius 2 is 2.67 bits per heavy atom. The highest BCUT2D eigenvalue weighted by molar-refractivity contribution is 7.13. The quantitative estimate of drug-likeness (QED) is 0.846. The number of ether oxygens (including phenoxy) is 1. The lowest BCUT2D eigenvalue weighted by Crippen LogP contribution is -2.31. The van der Waals surface area contributed by atoms with Gasteiger partial charge in [-0.15, -0.1) is 11.3 Å². The van der Waals surface area contributed by atoms with Crippen molar-refractivity contribution in [3.8, 4) is 0 Å². The Morgan fingerprint density at radius 3 is 3.27 bits per heavy atom. The Morgan fingerprint density at radius 1 is 1.80 bits per heavy atom. The predicted molar refractivity (Wildman–Crippen MR) is 57.8 cm³/mol. The number of amides is 1. The highest BCUT2D eigenvalue weighted by Gasteiger charge is 2.15.